The number of hydrogen-bond acceptors (Lipinski definition) is 3. The first-order chi connectivity index (χ1) is 9.74. The van der Waals surface area contributed by atoms with Gasteiger partial charge in [0.05, 0.1) is 5.69 Å². The number of aromatic amines is 1. The van der Waals surface area contributed by atoms with Crippen LogP contribution >= 0.6 is 12.4 Å². The van der Waals surface area contributed by atoms with Crippen LogP contribution in [0.2, 0.25) is 0 Å². The van der Waals surface area contributed by atoms with Gasteiger partial charge in [0.25, 0.3) is 5.91 Å². The first-order valence-corrected chi connectivity index (χ1v) is 6.87. The number of rotatable bonds is 2. The lowest BCUT2D eigenvalue weighted by molar-refractivity contribution is 0.0703. The summed E-state index contributed by atoms with van der Waals surface area (Å²) < 4.78 is 0. The average Bonchev–Trinajstić information content (AvgIpc) is 2.97. The molecule has 1 unspecified atom stereocenters. The predicted octanol–water partition coefficient (Wildman–Crippen LogP) is 1.93. The minimum absolute atomic E-state index is 0. The van der Waals surface area contributed by atoms with Crippen LogP contribution < -0.4 is 5.32 Å². The normalized spacial score (nSPS) is 18.1. The van der Waals surface area contributed by atoms with E-state index in [0.29, 0.717) is 11.7 Å². The Labute approximate surface area is 130 Å². The zero-order valence-corrected chi connectivity index (χ0v) is 12.7. The van der Waals surface area contributed by atoms with Crippen molar-refractivity contribution in [3.8, 4) is 11.3 Å². The SMILES string of the molecule is CC1CN(C(=O)c2cc(-c3ccccc3)n[nH]2)CCN1.Cl. The first-order valence-electron chi connectivity index (χ1n) is 6.87. The van der Waals surface area contributed by atoms with Gasteiger partial charge in [0, 0.05) is 31.2 Å². The van der Waals surface area contributed by atoms with Crippen molar-refractivity contribution < 1.29 is 4.79 Å². The molecule has 1 aliphatic heterocycles. The van der Waals surface area contributed by atoms with E-state index in [1.165, 1.54) is 0 Å². The molecule has 2 aromatic rings. The highest BCUT2D eigenvalue weighted by molar-refractivity contribution is 5.93. The molecular weight excluding hydrogens is 288 g/mol. The van der Waals surface area contributed by atoms with Gasteiger partial charge in [0.1, 0.15) is 5.69 Å². The van der Waals surface area contributed by atoms with E-state index in [2.05, 4.69) is 22.4 Å². The lowest BCUT2D eigenvalue weighted by Crippen LogP contribution is -2.51. The number of nitrogens with zero attached hydrogens (tertiary/aromatic N) is 2. The van der Waals surface area contributed by atoms with Crippen molar-refractivity contribution in [1.82, 2.24) is 20.4 Å². The maximum atomic E-state index is 12.4. The zero-order valence-electron chi connectivity index (χ0n) is 11.9. The summed E-state index contributed by atoms with van der Waals surface area (Å²) in [4.78, 5) is 14.3. The minimum Gasteiger partial charge on any atom is -0.335 e. The number of carbonyl (C=O) groups excluding carboxylic acids is 1. The molecular formula is C15H19ClN4O. The second kappa shape index (κ2) is 6.74. The monoisotopic (exact) mass is 306 g/mol. The summed E-state index contributed by atoms with van der Waals surface area (Å²) in [5.74, 6) is 0.0213. The molecule has 0 aliphatic carbocycles. The molecule has 1 aromatic heterocycles. The minimum atomic E-state index is 0. The Bertz CT molecular complexity index is 599. The van der Waals surface area contributed by atoms with Crippen LogP contribution in [-0.2, 0) is 0 Å². The van der Waals surface area contributed by atoms with Crippen molar-refractivity contribution in [3.05, 3.63) is 42.1 Å². The molecule has 0 spiro atoms. The number of halogens is 1. The molecule has 3 rings (SSSR count). The maximum absolute atomic E-state index is 12.4. The van der Waals surface area contributed by atoms with Gasteiger partial charge in [0.15, 0.2) is 0 Å². The Morgan fingerprint density at radius 3 is 2.81 bits per heavy atom. The van der Waals surface area contributed by atoms with Crippen molar-refractivity contribution in [1.29, 1.82) is 0 Å². The van der Waals surface area contributed by atoms with Crippen LogP contribution in [0.1, 0.15) is 17.4 Å². The first kappa shape index (κ1) is 15.5. The van der Waals surface area contributed by atoms with Crippen LogP contribution in [-0.4, -0.2) is 46.7 Å². The Hall–Kier alpha value is -1.85. The molecule has 1 aliphatic rings. The van der Waals surface area contributed by atoms with Gasteiger partial charge in [-0.1, -0.05) is 30.3 Å². The van der Waals surface area contributed by atoms with Crippen LogP contribution in [0.3, 0.4) is 0 Å². The lowest BCUT2D eigenvalue weighted by atomic mass is 10.1. The second-order valence-electron chi connectivity index (χ2n) is 5.14. The predicted molar refractivity (Wildman–Crippen MR) is 84.6 cm³/mol. The number of nitrogens with one attached hydrogen (secondary N) is 2. The number of carbonyl (C=O) groups is 1. The summed E-state index contributed by atoms with van der Waals surface area (Å²) in [5, 5.41) is 10.4. The summed E-state index contributed by atoms with van der Waals surface area (Å²) in [6, 6.07) is 12.0. The highest BCUT2D eigenvalue weighted by atomic mass is 35.5. The Morgan fingerprint density at radius 1 is 1.33 bits per heavy atom. The third-order valence-electron chi connectivity index (χ3n) is 3.53. The third-order valence-corrected chi connectivity index (χ3v) is 3.53. The van der Waals surface area contributed by atoms with E-state index >= 15 is 0 Å². The van der Waals surface area contributed by atoms with Crippen LogP contribution in [0.5, 0.6) is 0 Å². The average molecular weight is 307 g/mol. The van der Waals surface area contributed by atoms with Crippen LogP contribution in [0.4, 0.5) is 0 Å². The van der Waals surface area contributed by atoms with E-state index in [0.717, 1.165) is 30.9 Å². The molecule has 112 valence electrons. The molecule has 2 heterocycles. The molecule has 2 N–H and O–H groups in total. The number of benzene rings is 1. The highest BCUT2D eigenvalue weighted by Gasteiger charge is 2.23. The van der Waals surface area contributed by atoms with Crippen LogP contribution in [0, 0.1) is 0 Å². The molecule has 1 fully saturated rings. The smallest absolute Gasteiger partial charge is 0.271 e. The number of hydrogen-bond donors (Lipinski definition) is 2. The van der Waals surface area contributed by atoms with Crippen LogP contribution in [0.15, 0.2) is 36.4 Å². The summed E-state index contributed by atoms with van der Waals surface area (Å²) in [5.41, 5.74) is 2.37. The zero-order chi connectivity index (χ0) is 13.9. The third kappa shape index (κ3) is 3.43. The quantitative estimate of drug-likeness (QED) is 0.891. The lowest BCUT2D eigenvalue weighted by Gasteiger charge is -2.31. The van der Waals surface area contributed by atoms with E-state index in [-0.39, 0.29) is 18.3 Å². The van der Waals surface area contributed by atoms with Gasteiger partial charge in [-0.3, -0.25) is 9.89 Å². The fourth-order valence-corrected chi connectivity index (χ4v) is 2.48. The largest absolute Gasteiger partial charge is 0.335 e. The summed E-state index contributed by atoms with van der Waals surface area (Å²) in [7, 11) is 0. The molecule has 1 aromatic carbocycles. The Morgan fingerprint density at radius 2 is 2.10 bits per heavy atom. The number of aromatic nitrogens is 2. The molecule has 1 saturated heterocycles. The van der Waals surface area contributed by atoms with E-state index < -0.39 is 0 Å². The molecule has 0 saturated carbocycles. The number of amides is 1. The fourth-order valence-electron chi connectivity index (χ4n) is 2.48. The van der Waals surface area contributed by atoms with E-state index in [4.69, 9.17) is 0 Å². The van der Waals surface area contributed by atoms with E-state index in [1.807, 2.05) is 41.3 Å². The number of piperazine rings is 1. The molecule has 5 nitrogen and oxygen atoms in total. The molecule has 1 atom stereocenters. The maximum Gasteiger partial charge on any atom is 0.271 e. The van der Waals surface area contributed by atoms with Gasteiger partial charge in [-0.15, -0.1) is 12.4 Å². The molecule has 1 amide bonds. The van der Waals surface area contributed by atoms with Gasteiger partial charge < -0.3 is 10.2 Å². The highest BCUT2D eigenvalue weighted by Crippen LogP contribution is 2.18. The molecule has 0 bridgehead atoms. The fraction of sp³-hybridized carbons (Fsp3) is 0.333. The van der Waals surface area contributed by atoms with Crippen molar-refractivity contribution in [3.63, 3.8) is 0 Å². The molecule has 21 heavy (non-hydrogen) atoms. The van der Waals surface area contributed by atoms with Gasteiger partial charge in [-0.2, -0.15) is 5.10 Å². The van der Waals surface area contributed by atoms with Crippen molar-refractivity contribution in [2.45, 2.75) is 13.0 Å². The molecule has 6 heteroatoms. The summed E-state index contributed by atoms with van der Waals surface area (Å²) >= 11 is 0. The van der Waals surface area contributed by atoms with E-state index in [9.17, 15) is 4.79 Å². The second-order valence-corrected chi connectivity index (χ2v) is 5.14. The van der Waals surface area contributed by atoms with Gasteiger partial charge in [-0.25, -0.2) is 0 Å². The van der Waals surface area contributed by atoms with Crippen molar-refractivity contribution in [2.24, 2.45) is 0 Å². The Balaban J connectivity index is 0.00000161. The standard InChI is InChI=1S/C15H18N4O.ClH/c1-11-10-19(8-7-16-11)15(20)14-9-13(17-18-14)12-5-3-2-4-6-12;/h2-6,9,11,16H,7-8,10H2,1H3,(H,17,18);1H. The summed E-state index contributed by atoms with van der Waals surface area (Å²) in [6.07, 6.45) is 0. The molecule has 0 radical (unpaired) electrons. The Kier molecular flexibility index (Phi) is 4.98. The van der Waals surface area contributed by atoms with Gasteiger partial charge in [-0.05, 0) is 13.0 Å². The van der Waals surface area contributed by atoms with Gasteiger partial charge >= 0.3 is 0 Å². The van der Waals surface area contributed by atoms with Crippen molar-refractivity contribution in [2.75, 3.05) is 19.6 Å². The van der Waals surface area contributed by atoms with E-state index in [1.54, 1.807) is 0 Å². The van der Waals surface area contributed by atoms with Crippen LogP contribution in [0.25, 0.3) is 11.3 Å². The van der Waals surface area contributed by atoms with Gasteiger partial charge in [0.2, 0.25) is 0 Å². The number of H-pyrrole nitrogens is 1. The van der Waals surface area contributed by atoms with Crippen molar-refractivity contribution >= 4 is 18.3 Å². The topological polar surface area (TPSA) is 61.0 Å². The summed E-state index contributed by atoms with van der Waals surface area (Å²) in [6.45, 7) is 4.40.